The highest BCUT2D eigenvalue weighted by Crippen LogP contribution is 2.11. The molecule has 0 aliphatic carbocycles. The molecule has 3 rings (SSSR count). The SMILES string of the molecule is Cc1nnc(CN=C(NCc2cccs2)N(C)Cc2ccsc2)n1C. The van der Waals surface area contributed by atoms with E-state index >= 15 is 0 Å². The zero-order valence-electron chi connectivity index (χ0n) is 14.6. The summed E-state index contributed by atoms with van der Waals surface area (Å²) in [7, 11) is 4.02. The van der Waals surface area contributed by atoms with E-state index in [0.29, 0.717) is 6.54 Å². The Morgan fingerprint density at radius 1 is 1.32 bits per heavy atom. The minimum absolute atomic E-state index is 0.498. The quantitative estimate of drug-likeness (QED) is 0.532. The molecule has 0 radical (unpaired) electrons. The van der Waals surface area contributed by atoms with Crippen LogP contribution in [0.3, 0.4) is 0 Å². The summed E-state index contributed by atoms with van der Waals surface area (Å²) in [5, 5.41) is 18.1. The van der Waals surface area contributed by atoms with Gasteiger partial charge < -0.3 is 14.8 Å². The number of aryl methyl sites for hydroxylation is 1. The Morgan fingerprint density at radius 3 is 2.84 bits per heavy atom. The molecule has 3 aromatic heterocycles. The van der Waals surface area contributed by atoms with Crippen LogP contribution in [0.15, 0.2) is 39.3 Å². The van der Waals surface area contributed by atoms with Crippen LogP contribution in [-0.2, 0) is 26.7 Å². The third-order valence-corrected chi connectivity index (χ3v) is 5.52. The molecule has 0 aromatic carbocycles. The monoisotopic (exact) mass is 374 g/mol. The fraction of sp³-hybridized carbons (Fsp3) is 0.353. The first-order valence-corrected chi connectivity index (χ1v) is 9.83. The minimum atomic E-state index is 0.498. The lowest BCUT2D eigenvalue weighted by atomic mass is 10.3. The van der Waals surface area contributed by atoms with Gasteiger partial charge in [-0.1, -0.05) is 6.07 Å². The molecular weight excluding hydrogens is 352 g/mol. The summed E-state index contributed by atoms with van der Waals surface area (Å²) in [5.74, 6) is 2.61. The van der Waals surface area contributed by atoms with E-state index in [2.05, 4.69) is 61.8 Å². The standard InChI is InChI=1S/C17H22N6S2/c1-13-20-21-16(23(13)3)10-19-17(18-9-15-5-4-7-25-15)22(2)11-14-6-8-24-12-14/h4-8,12H,9-11H2,1-3H3,(H,18,19). The summed E-state index contributed by atoms with van der Waals surface area (Å²) in [6.07, 6.45) is 0. The van der Waals surface area contributed by atoms with E-state index in [9.17, 15) is 0 Å². The third kappa shape index (κ3) is 4.67. The van der Waals surface area contributed by atoms with Crippen LogP contribution in [0.4, 0.5) is 0 Å². The van der Waals surface area contributed by atoms with Gasteiger partial charge in [-0.15, -0.1) is 21.5 Å². The van der Waals surface area contributed by atoms with E-state index < -0.39 is 0 Å². The molecular formula is C17H22N6S2. The number of guanidine groups is 1. The smallest absolute Gasteiger partial charge is 0.194 e. The van der Waals surface area contributed by atoms with Gasteiger partial charge in [0, 0.05) is 25.5 Å². The Kier molecular flexibility index (Phi) is 5.83. The summed E-state index contributed by atoms with van der Waals surface area (Å²) >= 11 is 3.45. The van der Waals surface area contributed by atoms with Crippen molar-refractivity contribution in [2.24, 2.45) is 12.0 Å². The van der Waals surface area contributed by atoms with E-state index in [4.69, 9.17) is 4.99 Å². The number of nitrogens with one attached hydrogen (secondary N) is 1. The van der Waals surface area contributed by atoms with Crippen LogP contribution < -0.4 is 5.32 Å². The average molecular weight is 375 g/mol. The molecule has 25 heavy (non-hydrogen) atoms. The number of rotatable bonds is 6. The lowest BCUT2D eigenvalue weighted by molar-refractivity contribution is 0.475. The molecule has 1 N–H and O–H groups in total. The maximum atomic E-state index is 4.76. The molecule has 0 bridgehead atoms. The van der Waals surface area contributed by atoms with Gasteiger partial charge in [-0.2, -0.15) is 11.3 Å². The Labute approximate surface area is 155 Å². The average Bonchev–Trinajstić information content (AvgIpc) is 3.34. The van der Waals surface area contributed by atoms with Crippen molar-refractivity contribution < 1.29 is 0 Å². The Bertz CT molecular complexity index is 804. The van der Waals surface area contributed by atoms with Crippen LogP contribution in [0.5, 0.6) is 0 Å². The second kappa shape index (κ2) is 8.26. The second-order valence-corrected chi connectivity index (χ2v) is 7.60. The predicted octanol–water partition coefficient (Wildman–Crippen LogP) is 3.02. The largest absolute Gasteiger partial charge is 0.351 e. The van der Waals surface area contributed by atoms with Crippen LogP contribution in [0.25, 0.3) is 0 Å². The van der Waals surface area contributed by atoms with Gasteiger partial charge in [0.1, 0.15) is 12.4 Å². The molecule has 0 unspecified atom stereocenters. The highest BCUT2D eigenvalue weighted by Gasteiger charge is 2.10. The molecule has 0 spiro atoms. The first-order valence-electron chi connectivity index (χ1n) is 8.01. The van der Waals surface area contributed by atoms with Crippen molar-refractivity contribution in [2.75, 3.05) is 7.05 Å². The van der Waals surface area contributed by atoms with Gasteiger partial charge in [0.2, 0.25) is 0 Å². The van der Waals surface area contributed by atoms with Crippen LogP contribution in [0.1, 0.15) is 22.1 Å². The minimum Gasteiger partial charge on any atom is -0.351 e. The highest BCUT2D eigenvalue weighted by atomic mass is 32.1. The summed E-state index contributed by atoms with van der Waals surface area (Å²) in [6.45, 7) is 4.02. The Balaban J connectivity index is 1.72. The van der Waals surface area contributed by atoms with E-state index in [1.54, 1.807) is 22.7 Å². The van der Waals surface area contributed by atoms with Crippen molar-refractivity contribution in [3.63, 3.8) is 0 Å². The fourth-order valence-corrected chi connectivity index (χ4v) is 3.66. The number of hydrogen-bond acceptors (Lipinski definition) is 5. The van der Waals surface area contributed by atoms with Crippen LogP contribution in [0, 0.1) is 6.92 Å². The first kappa shape index (κ1) is 17.6. The maximum Gasteiger partial charge on any atom is 0.194 e. The van der Waals surface area contributed by atoms with Crippen LogP contribution in [0.2, 0.25) is 0 Å². The molecule has 0 aliphatic rings. The van der Waals surface area contributed by atoms with E-state index in [0.717, 1.165) is 30.7 Å². The normalized spacial score (nSPS) is 11.7. The van der Waals surface area contributed by atoms with Crippen molar-refractivity contribution >= 4 is 28.6 Å². The zero-order valence-corrected chi connectivity index (χ0v) is 16.3. The van der Waals surface area contributed by atoms with Crippen molar-refractivity contribution in [3.05, 3.63) is 56.4 Å². The number of hydrogen-bond donors (Lipinski definition) is 1. The number of aromatic nitrogens is 3. The molecule has 0 atom stereocenters. The van der Waals surface area contributed by atoms with Gasteiger partial charge in [-0.25, -0.2) is 4.99 Å². The van der Waals surface area contributed by atoms with Crippen LogP contribution in [-0.4, -0.2) is 32.7 Å². The first-order chi connectivity index (χ1) is 12.1. The van der Waals surface area contributed by atoms with Gasteiger partial charge in [0.25, 0.3) is 0 Å². The predicted molar refractivity (Wildman–Crippen MR) is 104 cm³/mol. The van der Waals surface area contributed by atoms with Gasteiger partial charge in [0.05, 0.1) is 6.54 Å². The number of thiophene rings is 2. The molecule has 0 fully saturated rings. The molecule has 0 saturated heterocycles. The molecule has 6 nitrogen and oxygen atoms in total. The summed E-state index contributed by atoms with van der Waals surface area (Å²) in [5.41, 5.74) is 1.28. The van der Waals surface area contributed by atoms with Crippen molar-refractivity contribution in [2.45, 2.75) is 26.6 Å². The lowest BCUT2D eigenvalue weighted by Crippen LogP contribution is -2.38. The second-order valence-electron chi connectivity index (χ2n) is 5.78. The topological polar surface area (TPSA) is 58.3 Å². The molecule has 3 heterocycles. The number of aliphatic imine (C=N–C) groups is 1. The fourth-order valence-electron chi connectivity index (χ4n) is 2.36. The summed E-state index contributed by atoms with van der Waals surface area (Å²) in [4.78, 5) is 8.19. The highest BCUT2D eigenvalue weighted by molar-refractivity contribution is 7.09. The summed E-state index contributed by atoms with van der Waals surface area (Å²) < 4.78 is 1.97. The van der Waals surface area contributed by atoms with Crippen molar-refractivity contribution in [1.82, 2.24) is 25.0 Å². The molecule has 132 valence electrons. The van der Waals surface area contributed by atoms with Crippen LogP contribution >= 0.6 is 22.7 Å². The van der Waals surface area contributed by atoms with Crippen molar-refractivity contribution in [3.8, 4) is 0 Å². The summed E-state index contributed by atoms with van der Waals surface area (Å²) in [6, 6.07) is 6.33. The molecule has 8 heteroatoms. The molecule has 3 aromatic rings. The van der Waals surface area contributed by atoms with E-state index in [1.165, 1.54) is 10.4 Å². The molecule has 0 aliphatic heterocycles. The van der Waals surface area contributed by atoms with Gasteiger partial charge in [-0.05, 0) is 40.8 Å². The Hall–Kier alpha value is -2.19. The van der Waals surface area contributed by atoms with Crippen molar-refractivity contribution in [1.29, 1.82) is 0 Å². The Morgan fingerprint density at radius 2 is 2.20 bits per heavy atom. The number of nitrogens with zero attached hydrogens (tertiary/aromatic N) is 5. The molecule has 0 saturated carbocycles. The lowest BCUT2D eigenvalue weighted by Gasteiger charge is -2.22. The van der Waals surface area contributed by atoms with Gasteiger partial charge in [0.15, 0.2) is 11.8 Å². The maximum absolute atomic E-state index is 4.76. The molecule has 0 amide bonds. The zero-order chi connectivity index (χ0) is 17.6. The van der Waals surface area contributed by atoms with E-state index in [-0.39, 0.29) is 0 Å². The van der Waals surface area contributed by atoms with Gasteiger partial charge in [-0.3, -0.25) is 0 Å². The van der Waals surface area contributed by atoms with E-state index in [1.807, 2.05) is 18.5 Å². The third-order valence-electron chi connectivity index (χ3n) is 3.92. The van der Waals surface area contributed by atoms with Gasteiger partial charge >= 0.3 is 0 Å².